The fourth-order valence-electron chi connectivity index (χ4n) is 2.69. The number of rotatable bonds is 0. The number of hydrogen-bond donors (Lipinski definition) is 0. The maximum absolute atomic E-state index is 2.33. The Labute approximate surface area is 109 Å². The molecule has 0 spiro atoms. The normalized spacial score (nSPS) is 11.6. The van der Waals surface area contributed by atoms with Crippen LogP contribution >= 0.6 is 11.3 Å². The summed E-state index contributed by atoms with van der Waals surface area (Å²) in [5.41, 5.74) is 1.37. The molecule has 0 radical (unpaired) electrons. The van der Waals surface area contributed by atoms with Crippen LogP contribution in [0, 0.1) is 6.92 Å². The zero-order chi connectivity index (χ0) is 12.1. The highest BCUT2D eigenvalue weighted by atomic mass is 32.1. The van der Waals surface area contributed by atoms with Crippen LogP contribution in [0.2, 0.25) is 0 Å². The van der Waals surface area contributed by atoms with E-state index >= 15 is 0 Å². The molecule has 0 saturated carbocycles. The summed E-state index contributed by atoms with van der Waals surface area (Å²) in [6, 6.07) is 19.8. The van der Waals surface area contributed by atoms with Crippen molar-refractivity contribution in [2.24, 2.45) is 0 Å². The summed E-state index contributed by atoms with van der Waals surface area (Å²) >= 11 is 1.89. The summed E-state index contributed by atoms with van der Waals surface area (Å²) in [4.78, 5) is 0. The summed E-state index contributed by atoms with van der Waals surface area (Å²) in [6.07, 6.45) is 0. The number of fused-ring (bicyclic) bond motifs is 4. The highest BCUT2D eigenvalue weighted by Gasteiger charge is 2.07. The molecule has 86 valence electrons. The lowest BCUT2D eigenvalue weighted by Gasteiger charge is -1.99. The third-order valence-corrected chi connectivity index (χ3v) is 4.69. The van der Waals surface area contributed by atoms with E-state index < -0.39 is 0 Å². The molecule has 1 heterocycles. The first kappa shape index (κ1) is 10.1. The molecular formula is C17H12S. The van der Waals surface area contributed by atoms with Crippen molar-refractivity contribution in [3.63, 3.8) is 0 Å². The van der Waals surface area contributed by atoms with E-state index in [-0.39, 0.29) is 0 Å². The Morgan fingerprint density at radius 2 is 1.56 bits per heavy atom. The van der Waals surface area contributed by atoms with Crippen molar-refractivity contribution in [2.45, 2.75) is 6.92 Å². The minimum Gasteiger partial charge on any atom is -0.135 e. The number of hydrogen-bond acceptors (Lipinski definition) is 1. The molecule has 0 unspecified atom stereocenters. The summed E-state index contributed by atoms with van der Waals surface area (Å²) in [5, 5.41) is 5.47. The van der Waals surface area contributed by atoms with Gasteiger partial charge in [-0.25, -0.2) is 0 Å². The Bertz CT molecular complexity index is 884. The molecule has 1 heteroatoms. The van der Waals surface area contributed by atoms with E-state index in [4.69, 9.17) is 0 Å². The maximum Gasteiger partial charge on any atom is 0.0361 e. The second-order valence-corrected chi connectivity index (χ2v) is 5.83. The highest BCUT2D eigenvalue weighted by molar-refractivity contribution is 7.25. The number of benzene rings is 3. The topological polar surface area (TPSA) is 0 Å². The van der Waals surface area contributed by atoms with Crippen molar-refractivity contribution >= 4 is 42.3 Å². The van der Waals surface area contributed by atoms with E-state index in [0.717, 1.165) is 0 Å². The van der Waals surface area contributed by atoms with Crippen molar-refractivity contribution in [3.05, 3.63) is 60.2 Å². The van der Waals surface area contributed by atoms with Gasteiger partial charge in [0.15, 0.2) is 0 Å². The molecule has 0 aliphatic rings. The average Bonchev–Trinajstić information content (AvgIpc) is 2.74. The molecule has 3 aromatic carbocycles. The van der Waals surface area contributed by atoms with Crippen LogP contribution in [0.5, 0.6) is 0 Å². The van der Waals surface area contributed by atoms with Gasteiger partial charge in [-0.1, -0.05) is 36.4 Å². The molecule has 0 aliphatic heterocycles. The lowest BCUT2D eigenvalue weighted by molar-refractivity contribution is 1.56. The summed E-state index contributed by atoms with van der Waals surface area (Å²) < 4.78 is 2.78. The van der Waals surface area contributed by atoms with Gasteiger partial charge in [-0.15, -0.1) is 11.3 Å². The van der Waals surface area contributed by atoms with Crippen molar-refractivity contribution in [1.82, 2.24) is 0 Å². The van der Waals surface area contributed by atoms with Gasteiger partial charge in [0.25, 0.3) is 0 Å². The van der Waals surface area contributed by atoms with Crippen molar-refractivity contribution < 1.29 is 0 Å². The van der Waals surface area contributed by atoms with Gasteiger partial charge in [0.1, 0.15) is 0 Å². The SMILES string of the molecule is Cc1cccc2sc3cc4ccccc4cc3c12. The maximum atomic E-state index is 2.33. The fraction of sp³-hybridized carbons (Fsp3) is 0.0588. The quantitative estimate of drug-likeness (QED) is 0.384. The first-order chi connectivity index (χ1) is 8.83. The second kappa shape index (κ2) is 3.56. The molecule has 0 N–H and O–H groups in total. The smallest absolute Gasteiger partial charge is 0.0361 e. The van der Waals surface area contributed by atoms with Gasteiger partial charge in [-0.2, -0.15) is 0 Å². The van der Waals surface area contributed by atoms with Crippen LogP contribution in [0.3, 0.4) is 0 Å². The van der Waals surface area contributed by atoms with Gasteiger partial charge in [-0.3, -0.25) is 0 Å². The van der Waals surface area contributed by atoms with Crippen LogP contribution in [0.4, 0.5) is 0 Å². The van der Waals surface area contributed by atoms with E-state index in [2.05, 4.69) is 61.5 Å². The molecule has 0 aliphatic carbocycles. The van der Waals surface area contributed by atoms with Gasteiger partial charge in [0.05, 0.1) is 0 Å². The molecule has 18 heavy (non-hydrogen) atoms. The lowest BCUT2D eigenvalue weighted by atomic mass is 10.0. The van der Waals surface area contributed by atoms with Crippen molar-refractivity contribution in [1.29, 1.82) is 0 Å². The largest absolute Gasteiger partial charge is 0.135 e. The standard InChI is InChI=1S/C17H12S/c1-11-5-4-8-15-17(11)14-9-12-6-2-3-7-13(12)10-16(14)18-15/h2-10H,1H3. The highest BCUT2D eigenvalue weighted by Crippen LogP contribution is 2.37. The summed E-state index contributed by atoms with van der Waals surface area (Å²) in [7, 11) is 0. The minimum atomic E-state index is 1.33. The minimum absolute atomic E-state index is 1.33. The monoisotopic (exact) mass is 248 g/mol. The van der Waals surface area contributed by atoms with Crippen LogP contribution in [-0.2, 0) is 0 Å². The van der Waals surface area contributed by atoms with Gasteiger partial charge >= 0.3 is 0 Å². The van der Waals surface area contributed by atoms with Crippen LogP contribution in [0.1, 0.15) is 5.56 Å². The first-order valence-corrected chi connectivity index (χ1v) is 6.95. The Hall–Kier alpha value is -1.86. The average molecular weight is 248 g/mol. The van der Waals surface area contributed by atoms with E-state index in [1.54, 1.807) is 0 Å². The van der Waals surface area contributed by atoms with E-state index in [1.807, 2.05) is 11.3 Å². The Balaban J connectivity index is 2.29. The second-order valence-electron chi connectivity index (χ2n) is 4.75. The van der Waals surface area contributed by atoms with Crippen LogP contribution < -0.4 is 0 Å². The molecule has 0 nitrogen and oxygen atoms in total. The van der Waals surface area contributed by atoms with Gasteiger partial charge in [-0.05, 0) is 41.5 Å². The Kier molecular flexibility index (Phi) is 2.00. The van der Waals surface area contributed by atoms with E-state index in [0.29, 0.717) is 0 Å². The third kappa shape index (κ3) is 1.31. The molecule has 0 saturated heterocycles. The predicted octanol–water partition coefficient (Wildman–Crippen LogP) is 5.52. The summed E-state index contributed by atoms with van der Waals surface area (Å²) in [5.74, 6) is 0. The predicted molar refractivity (Wildman–Crippen MR) is 81.6 cm³/mol. The Morgan fingerprint density at radius 1 is 0.778 bits per heavy atom. The molecule has 4 rings (SSSR count). The third-order valence-electron chi connectivity index (χ3n) is 3.57. The molecule has 0 fully saturated rings. The summed E-state index contributed by atoms with van der Waals surface area (Å²) in [6.45, 7) is 2.20. The van der Waals surface area contributed by atoms with Gasteiger partial charge < -0.3 is 0 Å². The van der Waals surface area contributed by atoms with Gasteiger partial charge in [0, 0.05) is 20.2 Å². The molecular weight excluding hydrogens is 236 g/mol. The van der Waals surface area contributed by atoms with E-state index in [9.17, 15) is 0 Å². The van der Waals surface area contributed by atoms with Crippen LogP contribution in [0.15, 0.2) is 54.6 Å². The van der Waals surface area contributed by atoms with Crippen molar-refractivity contribution in [2.75, 3.05) is 0 Å². The molecule has 0 amide bonds. The Morgan fingerprint density at radius 3 is 2.39 bits per heavy atom. The first-order valence-electron chi connectivity index (χ1n) is 6.13. The van der Waals surface area contributed by atoms with Crippen molar-refractivity contribution in [3.8, 4) is 0 Å². The zero-order valence-electron chi connectivity index (χ0n) is 10.1. The zero-order valence-corrected chi connectivity index (χ0v) is 10.9. The number of aryl methyl sites for hydroxylation is 1. The fourth-order valence-corrected chi connectivity index (χ4v) is 3.90. The number of thiophene rings is 1. The van der Waals surface area contributed by atoms with Crippen LogP contribution in [0.25, 0.3) is 30.9 Å². The molecule has 1 aromatic heterocycles. The van der Waals surface area contributed by atoms with Crippen LogP contribution in [-0.4, -0.2) is 0 Å². The van der Waals surface area contributed by atoms with E-state index in [1.165, 1.54) is 36.5 Å². The molecule has 0 bridgehead atoms. The molecule has 4 aromatic rings. The van der Waals surface area contributed by atoms with Gasteiger partial charge in [0.2, 0.25) is 0 Å². The molecule has 0 atom stereocenters. The lowest BCUT2D eigenvalue weighted by Crippen LogP contribution is -1.74.